The zero-order valence-electron chi connectivity index (χ0n) is 13.8. The Labute approximate surface area is 146 Å². The molecule has 0 saturated carbocycles. The van der Waals surface area contributed by atoms with Crippen LogP contribution in [0.15, 0.2) is 52.6 Å². The van der Waals surface area contributed by atoms with E-state index in [2.05, 4.69) is 9.71 Å². The lowest BCUT2D eigenvalue weighted by molar-refractivity contribution is -0.117. The Morgan fingerprint density at radius 3 is 2.84 bits per heavy atom. The van der Waals surface area contributed by atoms with E-state index in [1.165, 1.54) is 0 Å². The van der Waals surface area contributed by atoms with E-state index in [9.17, 15) is 13.2 Å². The third-order valence-corrected chi connectivity index (χ3v) is 4.93. The van der Waals surface area contributed by atoms with E-state index < -0.39 is 10.0 Å². The fraction of sp³-hybridized carbons (Fsp3) is 0.294. The lowest BCUT2D eigenvalue weighted by Crippen LogP contribution is -2.42. The fourth-order valence-electron chi connectivity index (χ4n) is 2.46. The van der Waals surface area contributed by atoms with Crippen molar-refractivity contribution in [2.24, 2.45) is 4.40 Å². The van der Waals surface area contributed by atoms with Crippen LogP contribution >= 0.6 is 0 Å². The molecule has 25 heavy (non-hydrogen) atoms. The first-order valence-electron chi connectivity index (χ1n) is 7.90. The highest BCUT2D eigenvalue weighted by atomic mass is 32.2. The molecule has 0 unspecified atom stereocenters. The summed E-state index contributed by atoms with van der Waals surface area (Å²) < 4.78 is 32.7. The van der Waals surface area contributed by atoms with Crippen LogP contribution < -0.4 is 10.1 Å². The number of rotatable bonds is 5. The minimum Gasteiger partial charge on any atom is -0.492 e. The summed E-state index contributed by atoms with van der Waals surface area (Å²) in [5.74, 6) is 0.470. The molecular weight excluding hydrogens is 342 g/mol. The smallest absolute Gasteiger partial charge is 0.256 e. The highest BCUT2D eigenvalue weighted by molar-refractivity contribution is 7.90. The van der Waals surface area contributed by atoms with Gasteiger partial charge in [0.1, 0.15) is 12.4 Å². The summed E-state index contributed by atoms with van der Waals surface area (Å²) >= 11 is 0. The van der Waals surface area contributed by atoms with E-state index in [-0.39, 0.29) is 23.1 Å². The molecular formula is C17H19N3O4S. The Balaban J connectivity index is 1.57. The Bertz CT molecular complexity index is 854. The van der Waals surface area contributed by atoms with Crippen molar-refractivity contribution in [2.45, 2.75) is 6.92 Å². The average Bonchev–Trinajstić information content (AvgIpc) is 2.59. The van der Waals surface area contributed by atoms with E-state index in [0.29, 0.717) is 19.7 Å². The minimum atomic E-state index is -3.52. The van der Waals surface area contributed by atoms with Crippen molar-refractivity contribution in [1.29, 1.82) is 0 Å². The molecule has 1 aromatic carbocycles. The molecule has 1 amide bonds. The third kappa shape index (κ3) is 4.27. The Hall–Kier alpha value is -2.61. The van der Waals surface area contributed by atoms with Crippen molar-refractivity contribution < 1.29 is 17.9 Å². The van der Waals surface area contributed by atoms with Gasteiger partial charge in [0, 0.05) is 12.7 Å². The Morgan fingerprint density at radius 1 is 1.32 bits per heavy atom. The van der Waals surface area contributed by atoms with Crippen LogP contribution in [0.3, 0.4) is 0 Å². The maximum Gasteiger partial charge on any atom is 0.256 e. The highest BCUT2D eigenvalue weighted by Crippen LogP contribution is 2.17. The number of amides is 1. The number of carbonyl (C=O) groups is 1. The molecule has 1 N–H and O–H groups in total. The van der Waals surface area contributed by atoms with Gasteiger partial charge in [0.25, 0.3) is 15.9 Å². The predicted octanol–water partition coefficient (Wildman–Crippen LogP) is 0.988. The molecule has 132 valence electrons. The number of amidine groups is 1. The van der Waals surface area contributed by atoms with Gasteiger partial charge >= 0.3 is 0 Å². The normalized spacial score (nSPS) is 18.0. The SMILES string of the molecule is Cc1ccc(OCCNC(=O)C2=CC=CN3CCS(=O)(=O)N=C23)cc1. The monoisotopic (exact) mass is 361 g/mol. The van der Waals surface area contributed by atoms with Crippen LogP contribution in [0.5, 0.6) is 5.75 Å². The van der Waals surface area contributed by atoms with Gasteiger partial charge in [0.15, 0.2) is 5.84 Å². The molecule has 8 heteroatoms. The first kappa shape index (κ1) is 17.2. The van der Waals surface area contributed by atoms with Gasteiger partial charge in [-0.15, -0.1) is 4.40 Å². The van der Waals surface area contributed by atoms with Crippen molar-refractivity contribution in [3.05, 3.63) is 53.8 Å². The number of fused-ring (bicyclic) bond motifs is 1. The van der Waals surface area contributed by atoms with Gasteiger partial charge in [0.2, 0.25) is 0 Å². The highest BCUT2D eigenvalue weighted by Gasteiger charge is 2.29. The Morgan fingerprint density at radius 2 is 2.08 bits per heavy atom. The first-order valence-corrected chi connectivity index (χ1v) is 9.51. The van der Waals surface area contributed by atoms with E-state index in [1.807, 2.05) is 31.2 Å². The molecule has 0 spiro atoms. The standard InChI is InChI=1S/C17H19N3O4S/c1-13-4-6-14(7-5-13)24-11-8-18-17(21)15-3-2-9-20-10-12-25(22,23)19-16(15)20/h2-7,9H,8,10-12H2,1H3,(H,18,21). The van der Waals surface area contributed by atoms with Crippen LogP contribution in [0.1, 0.15) is 5.56 Å². The maximum atomic E-state index is 12.3. The summed E-state index contributed by atoms with van der Waals surface area (Å²) in [5.41, 5.74) is 1.38. The van der Waals surface area contributed by atoms with Crippen molar-refractivity contribution in [3.63, 3.8) is 0 Å². The fourth-order valence-corrected chi connectivity index (χ4v) is 3.44. The van der Waals surface area contributed by atoms with Crippen molar-refractivity contribution in [2.75, 3.05) is 25.4 Å². The summed E-state index contributed by atoms with van der Waals surface area (Å²) in [5, 5.41) is 2.73. The number of nitrogens with one attached hydrogen (secondary N) is 1. The van der Waals surface area contributed by atoms with Gasteiger partial charge in [-0.3, -0.25) is 4.79 Å². The van der Waals surface area contributed by atoms with Crippen molar-refractivity contribution in [3.8, 4) is 5.75 Å². The zero-order valence-corrected chi connectivity index (χ0v) is 14.6. The van der Waals surface area contributed by atoms with Crippen LogP contribution in [0, 0.1) is 6.92 Å². The molecule has 0 saturated heterocycles. The molecule has 3 rings (SSSR count). The Kier molecular flexibility index (Phi) is 4.89. The predicted molar refractivity (Wildman–Crippen MR) is 94.8 cm³/mol. The van der Waals surface area contributed by atoms with Gasteiger partial charge in [-0.1, -0.05) is 17.7 Å². The second-order valence-electron chi connectivity index (χ2n) is 5.73. The number of nitrogens with zero attached hydrogens (tertiary/aromatic N) is 2. The molecule has 1 aromatic rings. The van der Waals surface area contributed by atoms with Crippen LogP contribution in [0.25, 0.3) is 0 Å². The number of sulfonamides is 1. The molecule has 2 aliphatic heterocycles. The summed E-state index contributed by atoms with van der Waals surface area (Å²) in [6, 6.07) is 7.63. The number of allylic oxidation sites excluding steroid dienone is 2. The lowest BCUT2D eigenvalue weighted by Gasteiger charge is -2.28. The second-order valence-corrected chi connectivity index (χ2v) is 7.49. The van der Waals surface area contributed by atoms with Gasteiger partial charge < -0.3 is 15.0 Å². The summed E-state index contributed by atoms with van der Waals surface area (Å²) in [4.78, 5) is 14.0. The van der Waals surface area contributed by atoms with E-state index in [0.717, 1.165) is 11.3 Å². The van der Waals surface area contributed by atoms with Gasteiger partial charge in [-0.25, -0.2) is 8.42 Å². The van der Waals surface area contributed by atoms with Gasteiger partial charge in [0.05, 0.1) is 17.9 Å². The number of ether oxygens (including phenoxy) is 1. The number of carbonyl (C=O) groups excluding carboxylic acids is 1. The van der Waals surface area contributed by atoms with E-state index in [1.54, 1.807) is 23.3 Å². The maximum absolute atomic E-state index is 12.3. The molecule has 2 aliphatic rings. The molecule has 0 fully saturated rings. The zero-order chi connectivity index (χ0) is 17.9. The molecule has 0 aliphatic carbocycles. The van der Waals surface area contributed by atoms with E-state index in [4.69, 9.17) is 4.74 Å². The van der Waals surface area contributed by atoms with Crippen LogP contribution in [-0.4, -0.2) is 50.5 Å². The van der Waals surface area contributed by atoms with E-state index >= 15 is 0 Å². The second kappa shape index (κ2) is 7.10. The van der Waals surface area contributed by atoms with Gasteiger partial charge in [-0.05, 0) is 31.2 Å². The van der Waals surface area contributed by atoms with Gasteiger partial charge in [-0.2, -0.15) is 0 Å². The molecule has 0 radical (unpaired) electrons. The molecule has 0 atom stereocenters. The van der Waals surface area contributed by atoms with Crippen LogP contribution in [-0.2, 0) is 14.8 Å². The summed E-state index contributed by atoms with van der Waals surface area (Å²) in [6.07, 6.45) is 4.98. The first-order chi connectivity index (χ1) is 11.9. The average molecular weight is 361 g/mol. The quantitative estimate of drug-likeness (QED) is 0.790. The van der Waals surface area contributed by atoms with Crippen molar-refractivity contribution >= 4 is 21.8 Å². The topological polar surface area (TPSA) is 88.1 Å². The largest absolute Gasteiger partial charge is 0.492 e. The summed E-state index contributed by atoms with van der Waals surface area (Å²) in [6.45, 7) is 2.90. The molecule has 2 heterocycles. The number of hydrogen-bond donors (Lipinski definition) is 1. The number of benzene rings is 1. The molecule has 0 aromatic heterocycles. The van der Waals surface area contributed by atoms with Crippen LogP contribution in [0.4, 0.5) is 0 Å². The molecule has 0 bridgehead atoms. The van der Waals surface area contributed by atoms with Crippen LogP contribution in [0.2, 0.25) is 0 Å². The molecule has 7 nitrogen and oxygen atoms in total. The third-order valence-electron chi connectivity index (χ3n) is 3.78. The lowest BCUT2D eigenvalue weighted by atomic mass is 10.1. The number of aryl methyl sites for hydroxylation is 1. The van der Waals surface area contributed by atoms with Crippen molar-refractivity contribution in [1.82, 2.24) is 10.2 Å². The summed E-state index contributed by atoms with van der Waals surface area (Å²) in [7, 11) is -3.52. The minimum absolute atomic E-state index is 0.0554. The number of hydrogen-bond acceptors (Lipinski definition) is 5.